The molecule has 0 spiro atoms. The van der Waals surface area contributed by atoms with Crippen molar-refractivity contribution in [1.29, 1.82) is 0 Å². The van der Waals surface area contributed by atoms with E-state index in [1.807, 2.05) is 6.26 Å². The average Bonchev–Trinajstić information content (AvgIpc) is 3.00. The van der Waals surface area contributed by atoms with Gasteiger partial charge in [0, 0.05) is 6.42 Å². The molecule has 25 heavy (non-hydrogen) atoms. The first-order chi connectivity index (χ1) is 12.1. The van der Waals surface area contributed by atoms with E-state index in [1.54, 1.807) is 0 Å². The summed E-state index contributed by atoms with van der Waals surface area (Å²) in [5, 5.41) is 0. The van der Waals surface area contributed by atoms with Crippen molar-refractivity contribution in [3.63, 3.8) is 0 Å². The van der Waals surface area contributed by atoms with E-state index in [9.17, 15) is 0 Å². The molecule has 0 N–H and O–H groups in total. The Balaban J connectivity index is 2.03. The van der Waals surface area contributed by atoms with Crippen LogP contribution in [0.4, 0.5) is 0 Å². The summed E-state index contributed by atoms with van der Waals surface area (Å²) in [6.07, 6.45) is 20.8. The molecule has 1 aromatic heterocycles. The maximum atomic E-state index is 5.75. The summed E-state index contributed by atoms with van der Waals surface area (Å²) in [5.74, 6) is 2.99. The van der Waals surface area contributed by atoms with Gasteiger partial charge in [-0.1, -0.05) is 91.9 Å². The fourth-order valence-corrected chi connectivity index (χ4v) is 3.58. The molecule has 0 fully saturated rings. The molecule has 0 aromatic carbocycles. The largest absolute Gasteiger partial charge is 0.469 e. The van der Waals surface area contributed by atoms with Gasteiger partial charge in [-0.15, -0.1) is 0 Å². The number of aryl methyl sites for hydroxylation is 2. The molecule has 0 amide bonds. The molecule has 0 unspecified atom stereocenters. The summed E-state index contributed by atoms with van der Waals surface area (Å²) in [6, 6.07) is 2.21. The summed E-state index contributed by atoms with van der Waals surface area (Å²) in [5.41, 5.74) is 1.47. The van der Waals surface area contributed by atoms with Crippen molar-refractivity contribution in [1.82, 2.24) is 0 Å². The molecule has 1 aromatic rings. The smallest absolute Gasteiger partial charge is 0.106 e. The second-order valence-corrected chi connectivity index (χ2v) is 8.77. The van der Waals surface area contributed by atoms with Crippen molar-refractivity contribution in [2.75, 3.05) is 0 Å². The highest BCUT2D eigenvalue weighted by atomic mass is 16.3. The van der Waals surface area contributed by atoms with Gasteiger partial charge >= 0.3 is 0 Å². The number of unbranched alkanes of at least 4 members (excludes halogenated alkanes) is 8. The van der Waals surface area contributed by atoms with Gasteiger partial charge in [0.1, 0.15) is 5.76 Å². The molecule has 0 saturated carbocycles. The first kappa shape index (κ1) is 22.3. The second-order valence-electron chi connectivity index (χ2n) is 8.77. The lowest BCUT2D eigenvalue weighted by molar-refractivity contribution is 0.478. The van der Waals surface area contributed by atoms with Crippen molar-refractivity contribution in [2.24, 2.45) is 11.8 Å². The quantitative estimate of drug-likeness (QED) is 0.273. The monoisotopic (exact) mass is 348 g/mol. The lowest BCUT2D eigenvalue weighted by Crippen LogP contribution is -1.92. The van der Waals surface area contributed by atoms with Gasteiger partial charge in [0.05, 0.1) is 6.26 Å². The standard InChI is InChI=1S/C24H44O/c1-21(2)15-11-7-5-9-13-17-23-19-20-25-24(23)18-14-10-6-8-12-16-22(3)4/h19-22H,5-18H2,1-4H3. The van der Waals surface area contributed by atoms with Crippen LogP contribution in [0.1, 0.15) is 116 Å². The number of hydrogen-bond acceptors (Lipinski definition) is 1. The SMILES string of the molecule is CC(C)CCCCCCCc1ccoc1CCCCCCCC(C)C. The van der Waals surface area contributed by atoms with E-state index in [4.69, 9.17) is 4.42 Å². The Morgan fingerprint density at radius 1 is 0.640 bits per heavy atom. The van der Waals surface area contributed by atoms with E-state index in [1.165, 1.54) is 94.8 Å². The van der Waals surface area contributed by atoms with Crippen LogP contribution in [0.2, 0.25) is 0 Å². The molecule has 1 rings (SSSR count). The van der Waals surface area contributed by atoms with E-state index in [-0.39, 0.29) is 0 Å². The molecular weight excluding hydrogens is 304 g/mol. The van der Waals surface area contributed by atoms with Gasteiger partial charge < -0.3 is 4.42 Å². The zero-order valence-corrected chi connectivity index (χ0v) is 17.6. The zero-order chi connectivity index (χ0) is 18.3. The van der Waals surface area contributed by atoms with Crippen LogP contribution in [-0.4, -0.2) is 0 Å². The maximum absolute atomic E-state index is 5.75. The fourth-order valence-electron chi connectivity index (χ4n) is 3.58. The van der Waals surface area contributed by atoms with Gasteiger partial charge in [0.2, 0.25) is 0 Å². The third-order valence-corrected chi connectivity index (χ3v) is 5.25. The van der Waals surface area contributed by atoms with Crippen molar-refractivity contribution in [2.45, 2.75) is 118 Å². The van der Waals surface area contributed by atoms with Crippen molar-refractivity contribution < 1.29 is 4.42 Å². The summed E-state index contributed by atoms with van der Waals surface area (Å²) in [7, 11) is 0. The Kier molecular flexibility index (Phi) is 12.9. The van der Waals surface area contributed by atoms with Crippen LogP contribution in [0, 0.1) is 11.8 Å². The van der Waals surface area contributed by atoms with Gasteiger partial charge in [-0.2, -0.15) is 0 Å². The van der Waals surface area contributed by atoms with Crippen molar-refractivity contribution in [3.8, 4) is 0 Å². The summed E-state index contributed by atoms with van der Waals surface area (Å²) in [4.78, 5) is 0. The number of rotatable bonds is 16. The van der Waals surface area contributed by atoms with E-state index in [0.717, 1.165) is 18.3 Å². The first-order valence-corrected chi connectivity index (χ1v) is 11.1. The summed E-state index contributed by atoms with van der Waals surface area (Å²) < 4.78 is 5.75. The third kappa shape index (κ3) is 12.3. The Hall–Kier alpha value is -0.720. The second kappa shape index (κ2) is 14.4. The van der Waals surface area contributed by atoms with E-state index < -0.39 is 0 Å². The van der Waals surface area contributed by atoms with Crippen LogP contribution in [0.15, 0.2) is 16.7 Å². The Bertz CT molecular complexity index is 365. The minimum Gasteiger partial charge on any atom is -0.469 e. The van der Waals surface area contributed by atoms with Crippen molar-refractivity contribution >= 4 is 0 Å². The third-order valence-electron chi connectivity index (χ3n) is 5.25. The van der Waals surface area contributed by atoms with E-state index in [2.05, 4.69) is 33.8 Å². The first-order valence-electron chi connectivity index (χ1n) is 11.1. The zero-order valence-electron chi connectivity index (χ0n) is 17.6. The van der Waals surface area contributed by atoms with Gasteiger partial charge in [-0.05, 0) is 42.7 Å². The van der Waals surface area contributed by atoms with Crippen molar-refractivity contribution in [3.05, 3.63) is 23.7 Å². The molecule has 0 radical (unpaired) electrons. The molecule has 0 aliphatic heterocycles. The lowest BCUT2D eigenvalue weighted by atomic mass is 10.0. The maximum Gasteiger partial charge on any atom is 0.106 e. The van der Waals surface area contributed by atoms with Crippen LogP contribution in [0.25, 0.3) is 0 Å². The molecule has 1 heterocycles. The highest BCUT2D eigenvalue weighted by Gasteiger charge is 2.06. The van der Waals surface area contributed by atoms with Crippen LogP contribution < -0.4 is 0 Å². The Labute approximate surface area is 158 Å². The van der Waals surface area contributed by atoms with E-state index in [0.29, 0.717) is 0 Å². The van der Waals surface area contributed by atoms with Gasteiger partial charge in [0.15, 0.2) is 0 Å². The Morgan fingerprint density at radius 3 is 1.68 bits per heavy atom. The van der Waals surface area contributed by atoms with Gasteiger partial charge in [-0.3, -0.25) is 0 Å². The highest BCUT2D eigenvalue weighted by molar-refractivity contribution is 5.17. The molecule has 0 atom stereocenters. The van der Waals surface area contributed by atoms with Crippen LogP contribution in [0.5, 0.6) is 0 Å². The highest BCUT2D eigenvalue weighted by Crippen LogP contribution is 2.19. The molecule has 146 valence electrons. The lowest BCUT2D eigenvalue weighted by Gasteiger charge is -2.06. The van der Waals surface area contributed by atoms with Gasteiger partial charge in [0.25, 0.3) is 0 Å². The summed E-state index contributed by atoms with van der Waals surface area (Å²) >= 11 is 0. The summed E-state index contributed by atoms with van der Waals surface area (Å²) in [6.45, 7) is 9.30. The minimum absolute atomic E-state index is 0.862. The molecule has 0 bridgehead atoms. The van der Waals surface area contributed by atoms with Crippen LogP contribution >= 0.6 is 0 Å². The molecule has 0 aliphatic carbocycles. The van der Waals surface area contributed by atoms with E-state index >= 15 is 0 Å². The molecule has 0 saturated heterocycles. The molecule has 1 nitrogen and oxygen atoms in total. The van der Waals surface area contributed by atoms with Crippen LogP contribution in [-0.2, 0) is 12.8 Å². The fraction of sp³-hybridized carbons (Fsp3) is 0.833. The molecule has 0 aliphatic rings. The average molecular weight is 349 g/mol. The number of furan rings is 1. The van der Waals surface area contributed by atoms with Crippen LogP contribution in [0.3, 0.4) is 0 Å². The number of hydrogen-bond donors (Lipinski definition) is 0. The molecule has 1 heteroatoms. The predicted molar refractivity (Wildman–Crippen MR) is 111 cm³/mol. The topological polar surface area (TPSA) is 13.1 Å². The molecular formula is C24H44O. The minimum atomic E-state index is 0.862. The normalized spacial score (nSPS) is 11.8. The van der Waals surface area contributed by atoms with Gasteiger partial charge in [-0.25, -0.2) is 0 Å². The predicted octanol–water partition coefficient (Wildman–Crippen LogP) is 8.36. The Morgan fingerprint density at radius 2 is 1.12 bits per heavy atom.